The quantitative estimate of drug-likeness (QED) is 0.945. The third-order valence-electron chi connectivity index (χ3n) is 2.55. The Morgan fingerprint density at radius 1 is 1.50 bits per heavy atom. The highest BCUT2D eigenvalue weighted by Crippen LogP contribution is 2.19. The molecular weight excluding hydrogens is 296 g/mol. The van der Waals surface area contributed by atoms with E-state index in [-0.39, 0.29) is 5.91 Å². The van der Waals surface area contributed by atoms with Crippen molar-refractivity contribution < 1.29 is 4.79 Å². The minimum atomic E-state index is -0.0537. The van der Waals surface area contributed by atoms with E-state index in [1.165, 1.54) is 6.33 Å². The molecule has 2 aromatic rings. The topological polar surface area (TPSA) is 61.9 Å². The van der Waals surface area contributed by atoms with Crippen LogP contribution in [0.3, 0.4) is 0 Å². The number of nitrogens with one attached hydrogen (secondary N) is 1. The molecule has 0 aliphatic carbocycles. The Labute approximate surface area is 113 Å². The predicted octanol–water partition coefficient (Wildman–Crippen LogP) is 2.15. The van der Waals surface area contributed by atoms with Gasteiger partial charge in [0.15, 0.2) is 0 Å². The summed E-state index contributed by atoms with van der Waals surface area (Å²) in [4.78, 5) is 17.9. The smallest absolute Gasteiger partial charge is 0.255 e. The number of hydrogen-bond acceptors (Lipinski definition) is 3. The summed E-state index contributed by atoms with van der Waals surface area (Å²) >= 11 is 3.39. The molecule has 5 nitrogen and oxygen atoms in total. The van der Waals surface area contributed by atoms with Gasteiger partial charge in [-0.2, -0.15) is 5.10 Å². The molecule has 0 bridgehead atoms. The Bertz CT molecular complexity index is 553. The maximum absolute atomic E-state index is 12.3. The molecule has 18 heavy (non-hydrogen) atoms. The van der Waals surface area contributed by atoms with Gasteiger partial charge >= 0.3 is 0 Å². The highest BCUT2D eigenvalue weighted by molar-refractivity contribution is 9.10. The number of hydrogen-bond donors (Lipinski definition) is 1. The number of H-pyrrole nitrogens is 1. The van der Waals surface area contributed by atoms with Crippen molar-refractivity contribution in [3.05, 3.63) is 46.0 Å². The van der Waals surface area contributed by atoms with E-state index in [4.69, 9.17) is 0 Å². The molecule has 1 amide bonds. The van der Waals surface area contributed by atoms with Crippen LogP contribution in [0.15, 0.2) is 29.0 Å². The molecule has 0 fully saturated rings. The lowest BCUT2D eigenvalue weighted by Gasteiger charge is -2.16. The van der Waals surface area contributed by atoms with Gasteiger partial charge < -0.3 is 4.90 Å². The summed E-state index contributed by atoms with van der Waals surface area (Å²) in [7, 11) is 1.74. The van der Waals surface area contributed by atoms with Gasteiger partial charge in [0.2, 0.25) is 0 Å². The molecule has 1 heterocycles. The molecule has 6 heteroatoms. The van der Waals surface area contributed by atoms with E-state index in [0.717, 1.165) is 10.0 Å². The first-order valence-corrected chi connectivity index (χ1v) is 6.23. The van der Waals surface area contributed by atoms with Gasteiger partial charge in [-0.3, -0.25) is 9.89 Å². The van der Waals surface area contributed by atoms with Gasteiger partial charge in [-0.05, 0) is 35.0 Å². The Morgan fingerprint density at radius 3 is 2.94 bits per heavy atom. The second kappa shape index (κ2) is 5.30. The maximum Gasteiger partial charge on any atom is 0.255 e. The van der Waals surface area contributed by atoms with Gasteiger partial charge in [0.25, 0.3) is 5.91 Å². The monoisotopic (exact) mass is 308 g/mol. The molecule has 0 aliphatic heterocycles. The lowest BCUT2D eigenvalue weighted by Crippen LogP contribution is -2.27. The fourth-order valence-electron chi connectivity index (χ4n) is 1.61. The molecule has 94 valence electrons. The second-order valence-corrected chi connectivity index (χ2v) is 4.93. The first-order valence-electron chi connectivity index (χ1n) is 5.44. The first kappa shape index (κ1) is 12.8. The Balaban J connectivity index is 2.17. The van der Waals surface area contributed by atoms with Gasteiger partial charge in [-0.15, -0.1) is 0 Å². The van der Waals surface area contributed by atoms with Crippen LogP contribution in [0.4, 0.5) is 0 Å². The lowest BCUT2D eigenvalue weighted by molar-refractivity contribution is 0.0780. The van der Waals surface area contributed by atoms with Crippen LogP contribution < -0.4 is 0 Å². The standard InChI is InChI=1S/C12H13BrN4O/c1-8-3-4-10(13)9(5-8)12(18)17(2)6-11-14-7-15-16-11/h3-5,7H,6H2,1-2H3,(H,14,15,16). The van der Waals surface area contributed by atoms with Crippen LogP contribution in [-0.2, 0) is 6.54 Å². The first-order chi connectivity index (χ1) is 8.58. The normalized spacial score (nSPS) is 10.4. The summed E-state index contributed by atoms with van der Waals surface area (Å²) in [6.07, 6.45) is 1.43. The molecular formula is C12H13BrN4O. The van der Waals surface area contributed by atoms with Crippen LogP contribution in [0.25, 0.3) is 0 Å². The minimum Gasteiger partial charge on any atom is -0.334 e. The maximum atomic E-state index is 12.3. The Kier molecular flexibility index (Phi) is 3.76. The van der Waals surface area contributed by atoms with E-state index in [2.05, 4.69) is 31.1 Å². The summed E-state index contributed by atoms with van der Waals surface area (Å²) in [6, 6.07) is 5.70. The largest absolute Gasteiger partial charge is 0.334 e. The van der Waals surface area contributed by atoms with Gasteiger partial charge in [0, 0.05) is 11.5 Å². The van der Waals surface area contributed by atoms with E-state index < -0.39 is 0 Å². The van der Waals surface area contributed by atoms with E-state index >= 15 is 0 Å². The van der Waals surface area contributed by atoms with Gasteiger partial charge in [0.05, 0.1) is 12.1 Å². The fraction of sp³-hybridized carbons (Fsp3) is 0.250. The summed E-state index contributed by atoms with van der Waals surface area (Å²) in [5.41, 5.74) is 1.70. The van der Waals surface area contributed by atoms with Crippen molar-refractivity contribution in [2.24, 2.45) is 0 Å². The lowest BCUT2D eigenvalue weighted by atomic mass is 10.1. The predicted molar refractivity (Wildman–Crippen MR) is 71.1 cm³/mol. The summed E-state index contributed by atoms with van der Waals surface area (Å²) in [5, 5.41) is 6.49. The molecule has 0 saturated heterocycles. The summed E-state index contributed by atoms with van der Waals surface area (Å²) in [6.45, 7) is 2.36. The number of nitrogens with zero attached hydrogens (tertiary/aromatic N) is 3. The number of benzene rings is 1. The molecule has 0 atom stereocenters. The molecule has 0 spiro atoms. The fourth-order valence-corrected chi connectivity index (χ4v) is 2.03. The van der Waals surface area contributed by atoms with Crippen LogP contribution in [-0.4, -0.2) is 33.0 Å². The molecule has 1 N–H and O–H groups in total. The van der Waals surface area contributed by atoms with Crippen molar-refractivity contribution in [2.75, 3.05) is 7.05 Å². The Hall–Kier alpha value is -1.69. The summed E-state index contributed by atoms with van der Waals surface area (Å²) in [5.74, 6) is 0.608. The van der Waals surface area contributed by atoms with E-state index in [9.17, 15) is 4.79 Å². The van der Waals surface area contributed by atoms with Crippen molar-refractivity contribution in [1.82, 2.24) is 20.1 Å². The van der Waals surface area contributed by atoms with Crippen LogP contribution >= 0.6 is 15.9 Å². The number of carbonyl (C=O) groups excluding carboxylic acids is 1. The number of aryl methyl sites for hydroxylation is 1. The molecule has 0 aliphatic rings. The van der Waals surface area contributed by atoms with Crippen LogP contribution in [0, 0.1) is 6.92 Å². The van der Waals surface area contributed by atoms with Crippen LogP contribution in [0.2, 0.25) is 0 Å². The number of aromatic amines is 1. The second-order valence-electron chi connectivity index (χ2n) is 4.08. The number of amides is 1. The molecule has 0 radical (unpaired) electrons. The third-order valence-corrected chi connectivity index (χ3v) is 3.24. The average Bonchev–Trinajstić information content (AvgIpc) is 2.84. The third kappa shape index (κ3) is 2.76. The highest BCUT2D eigenvalue weighted by Gasteiger charge is 2.16. The van der Waals surface area contributed by atoms with Crippen molar-refractivity contribution >= 4 is 21.8 Å². The minimum absolute atomic E-state index is 0.0537. The molecule has 0 saturated carbocycles. The van der Waals surface area contributed by atoms with Crippen molar-refractivity contribution in [3.8, 4) is 0 Å². The number of rotatable bonds is 3. The molecule has 0 unspecified atom stereocenters. The van der Waals surface area contributed by atoms with Crippen molar-refractivity contribution in [2.45, 2.75) is 13.5 Å². The summed E-state index contributed by atoms with van der Waals surface area (Å²) < 4.78 is 0.794. The number of aromatic nitrogens is 3. The zero-order valence-corrected chi connectivity index (χ0v) is 11.7. The van der Waals surface area contributed by atoms with Gasteiger partial charge in [-0.1, -0.05) is 11.6 Å². The van der Waals surface area contributed by atoms with Gasteiger partial charge in [-0.25, -0.2) is 4.98 Å². The van der Waals surface area contributed by atoms with E-state index in [0.29, 0.717) is 17.9 Å². The number of halogens is 1. The van der Waals surface area contributed by atoms with Gasteiger partial charge in [0.1, 0.15) is 12.2 Å². The van der Waals surface area contributed by atoms with E-state index in [1.54, 1.807) is 11.9 Å². The number of carbonyl (C=O) groups is 1. The zero-order valence-electron chi connectivity index (χ0n) is 10.1. The van der Waals surface area contributed by atoms with Crippen LogP contribution in [0.5, 0.6) is 0 Å². The van der Waals surface area contributed by atoms with Crippen molar-refractivity contribution in [1.29, 1.82) is 0 Å². The molecule has 1 aromatic carbocycles. The SMILES string of the molecule is Cc1ccc(Br)c(C(=O)N(C)Cc2ncn[nH]2)c1. The van der Waals surface area contributed by atoms with E-state index in [1.807, 2.05) is 25.1 Å². The molecule has 2 rings (SSSR count). The van der Waals surface area contributed by atoms with Crippen molar-refractivity contribution in [3.63, 3.8) is 0 Å². The Morgan fingerprint density at radius 2 is 2.28 bits per heavy atom. The average molecular weight is 309 g/mol. The van der Waals surface area contributed by atoms with Crippen LogP contribution in [0.1, 0.15) is 21.7 Å². The molecule has 1 aromatic heterocycles. The highest BCUT2D eigenvalue weighted by atomic mass is 79.9. The zero-order chi connectivity index (χ0) is 13.1.